The van der Waals surface area contributed by atoms with Crippen molar-refractivity contribution in [3.05, 3.63) is 35.7 Å². The maximum atomic E-state index is 12.8. The number of aromatic nitrogens is 2. The summed E-state index contributed by atoms with van der Waals surface area (Å²) in [5.74, 6) is -0.407. The van der Waals surface area contributed by atoms with Gasteiger partial charge in [-0.05, 0) is 25.0 Å². The van der Waals surface area contributed by atoms with Gasteiger partial charge in [-0.25, -0.2) is 4.98 Å². The van der Waals surface area contributed by atoms with Gasteiger partial charge in [0, 0.05) is 24.3 Å². The summed E-state index contributed by atoms with van der Waals surface area (Å²) >= 11 is 0. The van der Waals surface area contributed by atoms with E-state index in [2.05, 4.69) is 9.97 Å². The fourth-order valence-electron chi connectivity index (χ4n) is 3.18. The molecule has 0 aliphatic carbocycles. The number of H-pyrrole nitrogens is 1. The first kappa shape index (κ1) is 17.0. The van der Waals surface area contributed by atoms with Crippen molar-refractivity contribution in [1.82, 2.24) is 14.9 Å². The number of ether oxygens (including phenoxy) is 1. The third-order valence-corrected chi connectivity index (χ3v) is 4.65. The molecule has 3 rings (SSSR count). The predicted octanol–water partition coefficient (Wildman–Crippen LogP) is 2.19. The van der Waals surface area contributed by atoms with E-state index in [0.29, 0.717) is 29.5 Å². The Hall–Kier alpha value is -2.83. The molecule has 7 nitrogen and oxygen atoms in total. The van der Waals surface area contributed by atoms with Crippen LogP contribution >= 0.6 is 0 Å². The number of aliphatic carboxylic acids is 1. The van der Waals surface area contributed by atoms with E-state index in [4.69, 9.17) is 4.74 Å². The second-order valence-corrected chi connectivity index (χ2v) is 6.42. The number of hydrogen-bond acceptors (Lipinski definition) is 4. The lowest BCUT2D eigenvalue weighted by Crippen LogP contribution is -2.30. The summed E-state index contributed by atoms with van der Waals surface area (Å²) in [7, 11) is 1.59. The van der Waals surface area contributed by atoms with Gasteiger partial charge in [0.05, 0.1) is 13.0 Å². The molecule has 0 radical (unpaired) electrons. The van der Waals surface area contributed by atoms with Crippen LogP contribution < -0.4 is 4.74 Å². The van der Waals surface area contributed by atoms with Gasteiger partial charge in [0.15, 0.2) is 0 Å². The zero-order chi connectivity index (χ0) is 18.1. The Kier molecular flexibility index (Phi) is 4.48. The number of aromatic amines is 1. The van der Waals surface area contributed by atoms with Crippen molar-refractivity contribution in [2.45, 2.75) is 13.8 Å². The average molecular weight is 343 g/mol. The van der Waals surface area contributed by atoms with E-state index in [1.807, 2.05) is 31.2 Å². The molecule has 1 fully saturated rings. The van der Waals surface area contributed by atoms with Crippen molar-refractivity contribution in [3.63, 3.8) is 0 Å². The standard InChI is InChI=1S/C18H21N3O4/c1-10-8-21(9-14(10)18(23)24)17(22)15-11(2)19-16(20-15)12-5-4-6-13(7-12)25-3/h4-7,10,14H,8-9H2,1-3H3,(H,19,20)(H,23,24)/t10-,14-/m1/s1. The third kappa shape index (κ3) is 3.22. The van der Waals surface area contributed by atoms with Crippen LogP contribution in [0, 0.1) is 18.8 Å². The van der Waals surface area contributed by atoms with Gasteiger partial charge in [-0.3, -0.25) is 9.59 Å². The minimum atomic E-state index is -0.862. The number of amides is 1. The Bertz CT molecular complexity index is 814. The van der Waals surface area contributed by atoms with E-state index in [0.717, 1.165) is 5.56 Å². The summed E-state index contributed by atoms with van der Waals surface area (Å²) in [6, 6.07) is 7.41. The molecule has 0 saturated carbocycles. The molecule has 1 aromatic carbocycles. The average Bonchev–Trinajstić information content (AvgIpc) is 3.17. The molecule has 0 spiro atoms. The molecule has 1 amide bonds. The summed E-state index contributed by atoms with van der Waals surface area (Å²) in [6.45, 7) is 4.29. The van der Waals surface area contributed by atoms with E-state index in [1.165, 1.54) is 0 Å². The quantitative estimate of drug-likeness (QED) is 0.887. The lowest BCUT2D eigenvalue weighted by molar-refractivity contribution is -0.142. The van der Waals surface area contributed by atoms with Crippen LogP contribution in [0.4, 0.5) is 0 Å². The van der Waals surface area contributed by atoms with Crippen molar-refractivity contribution in [1.29, 1.82) is 0 Å². The van der Waals surface area contributed by atoms with Crippen LogP contribution in [0.2, 0.25) is 0 Å². The number of carboxylic acid groups (broad SMARTS) is 1. The summed E-state index contributed by atoms with van der Waals surface area (Å²) in [6.07, 6.45) is 0. The van der Waals surface area contributed by atoms with Gasteiger partial charge in [-0.1, -0.05) is 19.1 Å². The van der Waals surface area contributed by atoms with Crippen LogP contribution in [0.5, 0.6) is 5.75 Å². The highest BCUT2D eigenvalue weighted by molar-refractivity contribution is 5.94. The molecule has 0 bridgehead atoms. The largest absolute Gasteiger partial charge is 0.497 e. The number of nitrogens with one attached hydrogen (secondary N) is 1. The molecule has 2 atom stereocenters. The Morgan fingerprint density at radius 1 is 1.36 bits per heavy atom. The second kappa shape index (κ2) is 6.58. The highest BCUT2D eigenvalue weighted by atomic mass is 16.5. The third-order valence-electron chi connectivity index (χ3n) is 4.65. The molecule has 1 aliphatic rings. The van der Waals surface area contributed by atoms with E-state index >= 15 is 0 Å². The Labute approximate surface area is 145 Å². The Morgan fingerprint density at radius 2 is 2.12 bits per heavy atom. The van der Waals surface area contributed by atoms with Crippen LogP contribution in [-0.4, -0.2) is 52.1 Å². The van der Waals surface area contributed by atoms with Gasteiger partial charge in [0.2, 0.25) is 0 Å². The van der Waals surface area contributed by atoms with E-state index in [-0.39, 0.29) is 18.4 Å². The number of likely N-dealkylation sites (tertiary alicyclic amines) is 1. The number of hydrogen-bond donors (Lipinski definition) is 2. The lowest BCUT2D eigenvalue weighted by Gasteiger charge is -2.14. The highest BCUT2D eigenvalue weighted by Crippen LogP contribution is 2.27. The highest BCUT2D eigenvalue weighted by Gasteiger charge is 2.38. The number of aryl methyl sites for hydroxylation is 1. The smallest absolute Gasteiger partial charge is 0.308 e. The number of benzene rings is 1. The molecule has 132 valence electrons. The molecule has 1 saturated heterocycles. The van der Waals surface area contributed by atoms with Gasteiger partial charge in [-0.15, -0.1) is 0 Å². The fourth-order valence-corrected chi connectivity index (χ4v) is 3.18. The van der Waals surface area contributed by atoms with Gasteiger partial charge in [-0.2, -0.15) is 0 Å². The first-order valence-corrected chi connectivity index (χ1v) is 8.13. The molecule has 1 aromatic heterocycles. The van der Waals surface area contributed by atoms with Crippen molar-refractivity contribution in [3.8, 4) is 17.1 Å². The SMILES string of the molecule is COc1cccc(-c2nc(C(=O)N3C[C@@H](C)[C@H](C(=O)O)C3)c(C)[nH]2)c1. The van der Waals surface area contributed by atoms with Crippen LogP contribution in [0.3, 0.4) is 0 Å². The van der Waals surface area contributed by atoms with Gasteiger partial charge < -0.3 is 19.7 Å². The topological polar surface area (TPSA) is 95.5 Å². The molecule has 0 unspecified atom stereocenters. The van der Waals surface area contributed by atoms with Crippen LogP contribution in [0.15, 0.2) is 24.3 Å². The molecule has 25 heavy (non-hydrogen) atoms. The van der Waals surface area contributed by atoms with Crippen LogP contribution in [-0.2, 0) is 4.79 Å². The summed E-state index contributed by atoms with van der Waals surface area (Å²) in [5.41, 5.74) is 1.81. The minimum absolute atomic E-state index is 0.0708. The normalized spacial score (nSPS) is 19.9. The van der Waals surface area contributed by atoms with Crippen molar-refractivity contribution < 1.29 is 19.4 Å². The fraction of sp³-hybridized carbons (Fsp3) is 0.389. The summed E-state index contributed by atoms with van der Waals surface area (Å²) < 4.78 is 5.22. The van der Waals surface area contributed by atoms with E-state index in [1.54, 1.807) is 18.9 Å². The first-order valence-electron chi connectivity index (χ1n) is 8.13. The monoisotopic (exact) mass is 343 g/mol. The Morgan fingerprint density at radius 3 is 2.76 bits per heavy atom. The van der Waals surface area contributed by atoms with Crippen molar-refractivity contribution >= 4 is 11.9 Å². The van der Waals surface area contributed by atoms with Crippen molar-refractivity contribution in [2.24, 2.45) is 11.8 Å². The number of carbonyl (C=O) groups is 2. The molecule has 2 aromatic rings. The lowest BCUT2D eigenvalue weighted by atomic mass is 9.99. The number of nitrogens with zero attached hydrogens (tertiary/aromatic N) is 2. The van der Waals surface area contributed by atoms with Crippen molar-refractivity contribution in [2.75, 3.05) is 20.2 Å². The first-order chi connectivity index (χ1) is 11.9. The molecule has 7 heteroatoms. The van der Waals surface area contributed by atoms with Crippen LogP contribution in [0.1, 0.15) is 23.1 Å². The second-order valence-electron chi connectivity index (χ2n) is 6.42. The number of methoxy groups -OCH3 is 1. The molecule has 1 aliphatic heterocycles. The molecular weight excluding hydrogens is 322 g/mol. The maximum absolute atomic E-state index is 12.8. The van der Waals surface area contributed by atoms with Gasteiger partial charge in [0.1, 0.15) is 17.3 Å². The molecular formula is C18H21N3O4. The summed E-state index contributed by atoms with van der Waals surface area (Å²) in [4.78, 5) is 33.2. The van der Waals surface area contributed by atoms with Crippen LogP contribution in [0.25, 0.3) is 11.4 Å². The van der Waals surface area contributed by atoms with Gasteiger partial charge in [0.25, 0.3) is 5.91 Å². The summed E-state index contributed by atoms with van der Waals surface area (Å²) in [5, 5.41) is 9.24. The number of imidazole rings is 1. The van der Waals surface area contributed by atoms with E-state index in [9.17, 15) is 14.7 Å². The number of rotatable bonds is 4. The predicted molar refractivity (Wildman–Crippen MR) is 91.5 cm³/mol. The Balaban J connectivity index is 1.85. The van der Waals surface area contributed by atoms with Gasteiger partial charge >= 0.3 is 5.97 Å². The maximum Gasteiger partial charge on any atom is 0.308 e. The molecule has 2 N–H and O–H groups in total. The minimum Gasteiger partial charge on any atom is -0.497 e. The number of carboxylic acids is 1. The van der Waals surface area contributed by atoms with E-state index < -0.39 is 11.9 Å². The zero-order valence-corrected chi connectivity index (χ0v) is 14.4. The number of carbonyl (C=O) groups excluding carboxylic acids is 1. The molecule has 2 heterocycles. The zero-order valence-electron chi connectivity index (χ0n) is 14.4.